The predicted molar refractivity (Wildman–Crippen MR) is 286 cm³/mol. The van der Waals surface area contributed by atoms with Gasteiger partial charge < -0.3 is 75.1 Å². The molecule has 5 rings (SSSR count). The van der Waals surface area contributed by atoms with Crippen LogP contribution in [-0.2, 0) is 54.4 Å². The molecule has 17 N–H and O–H groups in total. The van der Waals surface area contributed by atoms with Crippen molar-refractivity contribution in [2.45, 2.75) is 157 Å². The number of guanidine groups is 1. The van der Waals surface area contributed by atoms with Crippen LogP contribution in [0.1, 0.15) is 103 Å². The second kappa shape index (κ2) is 28.5. The number of carbonyl (C=O) groups excluding carboxylic acids is 10. The summed E-state index contributed by atoms with van der Waals surface area (Å²) in [7, 11) is 2.55. The molecule has 0 bridgehead atoms. The minimum atomic E-state index is -1.75. The van der Waals surface area contributed by atoms with Crippen LogP contribution in [0, 0.1) is 5.92 Å². The molecule has 2 aromatic rings. The topological polar surface area (TPSA) is 411 Å². The van der Waals surface area contributed by atoms with Crippen LogP contribution >= 0.6 is 21.6 Å². The van der Waals surface area contributed by atoms with Crippen LogP contribution in [-0.4, -0.2) is 159 Å². The van der Waals surface area contributed by atoms with Gasteiger partial charge in [-0.2, -0.15) is 0 Å². The van der Waals surface area contributed by atoms with E-state index in [-0.39, 0.29) is 56.9 Å². The monoisotopic (exact) mass is 1100 g/mol. The summed E-state index contributed by atoms with van der Waals surface area (Å²) < 4.78 is -0.716. The third kappa shape index (κ3) is 17.2. The molecular formula is C49H74N14O11S2. The number of fused-ring (bicyclic) bond motifs is 1. The van der Waals surface area contributed by atoms with Crippen molar-refractivity contribution in [1.29, 1.82) is 0 Å². The summed E-state index contributed by atoms with van der Waals surface area (Å²) in [4.78, 5) is 146. The number of aliphatic hydroxyl groups excluding tert-OH is 1. The first kappa shape index (κ1) is 60.3. The largest absolute Gasteiger partial charge is 0.391 e. The summed E-state index contributed by atoms with van der Waals surface area (Å²) in [5, 5.41) is 30.2. The van der Waals surface area contributed by atoms with Crippen molar-refractivity contribution in [2.75, 3.05) is 25.4 Å². The summed E-state index contributed by atoms with van der Waals surface area (Å²) in [6.07, 6.45) is 4.14. The maximum atomic E-state index is 14.9. The molecule has 418 valence electrons. The molecular weight excluding hydrogens is 1020 g/mol. The zero-order chi connectivity index (χ0) is 55.7. The van der Waals surface area contributed by atoms with Crippen molar-refractivity contribution in [1.82, 2.24) is 47.1 Å². The molecule has 0 radical (unpaired) electrons. The molecule has 1 saturated carbocycles. The van der Waals surface area contributed by atoms with E-state index in [1.54, 1.807) is 20.0 Å². The number of benzene rings is 1. The highest BCUT2D eigenvalue weighted by molar-refractivity contribution is 8.77. The number of H-pyrrole nitrogens is 1. The summed E-state index contributed by atoms with van der Waals surface area (Å²) in [5.74, 6) is -9.00. The fraction of sp³-hybridized carbons (Fsp3) is 0.612. The number of para-hydroxylation sites is 1. The van der Waals surface area contributed by atoms with Gasteiger partial charge in [-0.05, 0) is 63.0 Å². The molecule has 3 heterocycles. The number of aromatic amines is 1. The quantitative estimate of drug-likeness (QED) is 0.0355. The molecule has 10 amide bonds. The molecule has 1 aliphatic carbocycles. The molecule has 25 nitrogen and oxygen atoms in total. The average molecular weight is 1100 g/mol. The lowest BCUT2D eigenvalue weighted by atomic mass is 9.85. The van der Waals surface area contributed by atoms with Crippen LogP contribution in [0.5, 0.6) is 0 Å². The smallest absolute Gasteiger partial charge is 0.246 e. The highest BCUT2D eigenvalue weighted by Crippen LogP contribution is 2.48. The Morgan fingerprint density at radius 2 is 1.54 bits per heavy atom. The van der Waals surface area contributed by atoms with Gasteiger partial charge in [-0.3, -0.25) is 52.9 Å². The third-order valence-corrected chi connectivity index (χ3v) is 17.1. The second-order valence-corrected chi connectivity index (χ2v) is 22.6. The molecule has 1 aromatic carbocycles. The highest BCUT2D eigenvalue weighted by atomic mass is 33.1. The van der Waals surface area contributed by atoms with Crippen LogP contribution in [0.4, 0.5) is 0 Å². The van der Waals surface area contributed by atoms with Crippen molar-refractivity contribution >= 4 is 97.5 Å². The van der Waals surface area contributed by atoms with Crippen LogP contribution in [0.25, 0.3) is 10.9 Å². The number of nitrogens with zero attached hydrogens (tertiary/aromatic N) is 2. The first-order valence-electron chi connectivity index (χ1n) is 25.7. The normalized spacial score (nSPS) is 24.3. The maximum Gasteiger partial charge on any atom is 0.246 e. The number of aliphatic hydroxyl groups is 1. The van der Waals surface area contributed by atoms with E-state index in [4.69, 9.17) is 22.9 Å². The molecule has 1 unspecified atom stereocenters. The molecule has 2 aliphatic heterocycles. The van der Waals surface area contributed by atoms with Gasteiger partial charge in [0.1, 0.15) is 42.3 Å². The molecule has 27 heteroatoms. The van der Waals surface area contributed by atoms with E-state index in [0.717, 1.165) is 35.7 Å². The Bertz CT molecular complexity index is 2460. The summed E-state index contributed by atoms with van der Waals surface area (Å²) >= 11 is 0. The van der Waals surface area contributed by atoms with E-state index in [0.29, 0.717) is 25.7 Å². The minimum Gasteiger partial charge on any atom is -0.391 e. The van der Waals surface area contributed by atoms with E-state index in [1.165, 1.54) is 33.4 Å². The number of rotatable bonds is 17. The highest BCUT2D eigenvalue weighted by Gasteiger charge is 2.43. The molecule has 3 fully saturated rings. The van der Waals surface area contributed by atoms with Gasteiger partial charge in [0.15, 0.2) is 5.96 Å². The number of nitrogens with two attached hydrogens (primary N) is 4. The lowest BCUT2D eigenvalue weighted by Gasteiger charge is -2.37. The maximum absolute atomic E-state index is 14.9. The SMILES string of the molecule is CC[C@H](C)[C@@H]1NC(=O)[C@@H](Cc2c[nH]c3ccccc23)NC(=O)CC2(CCCCC2)SSC[C@@H](C(=O)N2CCC[C@H]2C(=O)N[C@@H](CCCN=C(N)N)C(=O)NCC(N)=O)NC(=O)[C@H](CC(N)=O)NC(=O)C([C@@H](C)O)NC1=O. The van der Waals surface area contributed by atoms with Crippen molar-refractivity contribution in [3.05, 3.63) is 36.0 Å². The van der Waals surface area contributed by atoms with E-state index >= 15 is 0 Å². The van der Waals surface area contributed by atoms with E-state index in [1.807, 2.05) is 24.3 Å². The van der Waals surface area contributed by atoms with Gasteiger partial charge >= 0.3 is 0 Å². The Kier molecular flexibility index (Phi) is 22.6. The summed E-state index contributed by atoms with van der Waals surface area (Å²) in [6, 6.07) is -2.29. The lowest BCUT2D eigenvalue weighted by molar-refractivity contribution is -0.142. The molecule has 1 aromatic heterocycles. The van der Waals surface area contributed by atoms with Crippen molar-refractivity contribution in [3.8, 4) is 0 Å². The van der Waals surface area contributed by atoms with Gasteiger partial charge in [-0.15, -0.1) is 0 Å². The van der Waals surface area contributed by atoms with Crippen LogP contribution in [0.15, 0.2) is 35.5 Å². The van der Waals surface area contributed by atoms with Crippen molar-refractivity contribution in [2.24, 2.45) is 33.8 Å². The third-order valence-electron chi connectivity index (χ3n) is 13.8. The number of amides is 10. The predicted octanol–water partition coefficient (Wildman–Crippen LogP) is -1.94. The Hall–Kier alpha value is -6.61. The average Bonchev–Trinajstić information content (AvgIpc) is 4.03. The van der Waals surface area contributed by atoms with Gasteiger partial charge in [0.2, 0.25) is 59.1 Å². The number of aromatic nitrogens is 1. The molecule has 1 spiro atoms. The van der Waals surface area contributed by atoms with Crippen LogP contribution in [0.2, 0.25) is 0 Å². The number of hydrogen-bond donors (Lipinski definition) is 13. The van der Waals surface area contributed by atoms with E-state index in [2.05, 4.69) is 47.2 Å². The Labute approximate surface area is 448 Å². The second-order valence-electron chi connectivity index (χ2n) is 19.7. The van der Waals surface area contributed by atoms with Gasteiger partial charge in [0, 0.05) is 53.5 Å². The first-order chi connectivity index (χ1) is 36.1. The van der Waals surface area contributed by atoms with Gasteiger partial charge in [0.25, 0.3) is 0 Å². The molecule has 9 atom stereocenters. The number of likely N-dealkylation sites (tertiary alicyclic amines) is 1. The van der Waals surface area contributed by atoms with Crippen molar-refractivity contribution < 1.29 is 53.1 Å². The Balaban J connectivity index is 1.51. The van der Waals surface area contributed by atoms with Gasteiger partial charge in [-0.25, -0.2) is 0 Å². The van der Waals surface area contributed by atoms with E-state index < -0.39 is 131 Å². The molecule has 3 aliphatic rings. The number of aliphatic imine (C=N–C) groups is 1. The number of carbonyl (C=O) groups is 10. The van der Waals surface area contributed by atoms with Crippen LogP contribution < -0.4 is 60.2 Å². The number of hydrogen-bond acceptors (Lipinski definition) is 14. The molecule has 76 heavy (non-hydrogen) atoms. The van der Waals surface area contributed by atoms with Gasteiger partial charge in [-0.1, -0.05) is 79.3 Å². The molecule has 2 saturated heterocycles. The zero-order valence-electron chi connectivity index (χ0n) is 43.2. The zero-order valence-corrected chi connectivity index (χ0v) is 44.8. The fourth-order valence-corrected chi connectivity index (χ4v) is 12.9. The first-order valence-corrected chi connectivity index (χ1v) is 28.0. The van der Waals surface area contributed by atoms with Crippen molar-refractivity contribution in [3.63, 3.8) is 0 Å². The fourth-order valence-electron chi connectivity index (χ4n) is 9.54. The van der Waals surface area contributed by atoms with Crippen LogP contribution in [0.3, 0.4) is 0 Å². The Morgan fingerprint density at radius 1 is 0.855 bits per heavy atom. The summed E-state index contributed by atoms with van der Waals surface area (Å²) in [6.45, 7) is 4.37. The standard InChI is InChI=1S/C49H74N14O11S2/c1-4-26(2)39-45(72)62-40(27(3)64)46(73)59-33(21-36(50)65)42(69)60-34(47(74)63-19-11-15-35(63)44(71)58-31(14-10-18-54-48(52)53)41(68)56-24-37(51)66)25-75-76-49(16-8-5-9-17-49)22-38(67)57-32(43(70)61-39)20-28-23-55-30-13-7-6-12-29(28)30/h6-7,12-13,23,26-27,31-35,39-40,55,64H,4-5,8-11,14-22,24-25H2,1-3H3,(H2,50,65)(H2,51,66)(H,56,68)(H,57,67)(H,58,71)(H,59,73)(H,60,69)(H,61,70)(H,62,72)(H4,52,53,54)/t26-,27+,31-,32+,33-,34-,35-,39-,40?/m0/s1. The number of nitrogens with one attached hydrogen (secondary N) is 8. The van der Waals surface area contributed by atoms with Gasteiger partial charge in [0.05, 0.1) is 19.1 Å². The van der Waals surface area contributed by atoms with E-state index in [9.17, 15) is 53.1 Å². The lowest BCUT2D eigenvalue weighted by Crippen LogP contribution is -2.63. The summed E-state index contributed by atoms with van der Waals surface area (Å²) in [5.41, 5.74) is 23.3. The Morgan fingerprint density at radius 3 is 2.21 bits per heavy atom. The minimum absolute atomic E-state index is 0.0308. The number of primary amides is 2.